The predicted molar refractivity (Wildman–Crippen MR) is 71.5 cm³/mol. The van der Waals surface area contributed by atoms with Crippen LogP contribution in [0.1, 0.15) is 6.92 Å². The smallest absolute Gasteiger partial charge is 0.133 e. The zero-order valence-electron chi connectivity index (χ0n) is 10.1. The van der Waals surface area contributed by atoms with Crippen LogP contribution >= 0.6 is 15.9 Å². The Balaban J connectivity index is 1.83. The molecule has 1 fully saturated rings. The normalized spacial score (nSPS) is 18.9. The fourth-order valence-corrected chi connectivity index (χ4v) is 2.30. The van der Waals surface area contributed by atoms with Gasteiger partial charge in [0.25, 0.3) is 0 Å². The molecule has 0 aromatic heterocycles. The second-order valence-corrected chi connectivity index (χ2v) is 5.09. The molecule has 0 unspecified atom stereocenters. The highest BCUT2D eigenvalue weighted by Crippen LogP contribution is 2.24. The third-order valence-electron chi connectivity index (χ3n) is 2.99. The Kier molecular flexibility index (Phi) is 4.83. The van der Waals surface area contributed by atoms with Gasteiger partial charge in [-0.1, -0.05) is 12.1 Å². The first-order valence-electron chi connectivity index (χ1n) is 5.96. The molecule has 1 aliphatic rings. The first-order chi connectivity index (χ1) is 8.27. The molecule has 17 heavy (non-hydrogen) atoms. The Bertz CT molecular complexity index is 353. The molecule has 1 heterocycles. The van der Waals surface area contributed by atoms with E-state index >= 15 is 0 Å². The number of hydrogen-bond donors (Lipinski definition) is 0. The lowest BCUT2D eigenvalue weighted by molar-refractivity contribution is 0.0105. The average molecular weight is 300 g/mol. The molecule has 1 aromatic rings. The summed E-state index contributed by atoms with van der Waals surface area (Å²) in [6.07, 6.45) is 0. The molecule has 0 N–H and O–H groups in total. The Morgan fingerprint density at radius 3 is 2.76 bits per heavy atom. The van der Waals surface area contributed by atoms with Gasteiger partial charge in [0, 0.05) is 19.1 Å². The van der Waals surface area contributed by atoms with Crippen LogP contribution in [0.4, 0.5) is 0 Å². The van der Waals surface area contributed by atoms with E-state index in [-0.39, 0.29) is 0 Å². The average Bonchev–Trinajstić information content (AvgIpc) is 2.38. The topological polar surface area (TPSA) is 21.7 Å². The van der Waals surface area contributed by atoms with Crippen LogP contribution in [0.15, 0.2) is 28.7 Å². The van der Waals surface area contributed by atoms with Crippen LogP contribution in [0.3, 0.4) is 0 Å². The van der Waals surface area contributed by atoms with E-state index in [1.807, 2.05) is 24.3 Å². The van der Waals surface area contributed by atoms with Crippen molar-refractivity contribution in [3.63, 3.8) is 0 Å². The van der Waals surface area contributed by atoms with Crippen molar-refractivity contribution in [1.82, 2.24) is 4.90 Å². The second-order valence-electron chi connectivity index (χ2n) is 4.24. The standard InChI is InChI=1S/C13H18BrNO2/c1-11(15-6-8-16-9-7-15)10-17-13-5-3-2-4-12(13)14/h2-5,11H,6-10H2,1H3/t11-/m1/s1. The number of benzene rings is 1. The molecule has 1 atom stereocenters. The molecule has 2 rings (SSSR count). The summed E-state index contributed by atoms with van der Waals surface area (Å²) < 4.78 is 12.2. The van der Waals surface area contributed by atoms with Gasteiger partial charge >= 0.3 is 0 Å². The Morgan fingerprint density at radius 1 is 1.35 bits per heavy atom. The van der Waals surface area contributed by atoms with Crippen LogP contribution in [0, 0.1) is 0 Å². The summed E-state index contributed by atoms with van der Waals surface area (Å²) in [5.74, 6) is 0.910. The lowest BCUT2D eigenvalue weighted by Crippen LogP contribution is -2.44. The van der Waals surface area contributed by atoms with Gasteiger partial charge in [-0.05, 0) is 35.0 Å². The molecule has 0 amide bonds. The fraction of sp³-hybridized carbons (Fsp3) is 0.538. The summed E-state index contributed by atoms with van der Waals surface area (Å²) >= 11 is 3.48. The van der Waals surface area contributed by atoms with Gasteiger partial charge in [-0.15, -0.1) is 0 Å². The van der Waals surface area contributed by atoms with Gasteiger partial charge in [-0.25, -0.2) is 0 Å². The number of morpholine rings is 1. The minimum absolute atomic E-state index is 0.422. The molecule has 4 heteroatoms. The van der Waals surface area contributed by atoms with E-state index in [1.54, 1.807) is 0 Å². The number of nitrogens with zero attached hydrogens (tertiary/aromatic N) is 1. The molecule has 0 spiro atoms. The van der Waals surface area contributed by atoms with Gasteiger partial charge in [0.2, 0.25) is 0 Å². The van der Waals surface area contributed by atoms with Gasteiger partial charge < -0.3 is 9.47 Å². The largest absolute Gasteiger partial charge is 0.491 e. The van der Waals surface area contributed by atoms with E-state index in [0.29, 0.717) is 12.6 Å². The lowest BCUT2D eigenvalue weighted by Gasteiger charge is -2.32. The quantitative estimate of drug-likeness (QED) is 0.853. The van der Waals surface area contributed by atoms with Crippen LogP contribution in [0.5, 0.6) is 5.75 Å². The maximum Gasteiger partial charge on any atom is 0.133 e. The molecule has 0 radical (unpaired) electrons. The van der Waals surface area contributed by atoms with E-state index in [4.69, 9.17) is 9.47 Å². The van der Waals surface area contributed by atoms with E-state index in [2.05, 4.69) is 27.8 Å². The minimum atomic E-state index is 0.422. The zero-order chi connectivity index (χ0) is 12.1. The predicted octanol–water partition coefficient (Wildman–Crippen LogP) is 2.55. The van der Waals surface area contributed by atoms with Crippen molar-refractivity contribution in [2.45, 2.75) is 13.0 Å². The molecular formula is C13H18BrNO2. The molecule has 1 aliphatic heterocycles. The number of para-hydroxylation sites is 1. The summed E-state index contributed by atoms with van der Waals surface area (Å²) in [6, 6.07) is 8.37. The monoisotopic (exact) mass is 299 g/mol. The first kappa shape index (κ1) is 12.9. The van der Waals surface area contributed by atoms with E-state index in [0.717, 1.165) is 36.5 Å². The van der Waals surface area contributed by atoms with Crippen LogP contribution in [-0.2, 0) is 4.74 Å². The Labute approximate surface area is 111 Å². The van der Waals surface area contributed by atoms with Crippen LogP contribution in [0.2, 0.25) is 0 Å². The van der Waals surface area contributed by atoms with Gasteiger partial charge in [0.15, 0.2) is 0 Å². The zero-order valence-corrected chi connectivity index (χ0v) is 11.6. The van der Waals surface area contributed by atoms with Crippen molar-refractivity contribution >= 4 is 15.9 Å². The Morgan fingerprint density at radius 2 is 2.06 bits per heavy atom. The summed E-state index contributed by atoms with van der Waals surface area (Å²) in [5, 5.41) is 0. The van der Waals surface area contributed by atoms with Crippen molar-refractivity contribution < 1.29 is 9.47 Å². The van der Waals surface area contributed by atoms with Crippen molar-refractivity contribution in [1.29, 1.82) is 0 Å². The number of hydrogen-bond acceptors (Lipinski definition) is 3. The molecule has 94 valence electrons. The number of rotatable bonds is 4. The van der Waals surface area contributed by atoms with E-state index in [9.17, 15) is 0 Å². The number of ether oxygens (including phenoxy) is 2. The van der Waals surface area contributed by atoms with Crippen molar-refractivity contribution in [2.24, 2.45) is 0 Å². The van der Waals surface area contributed by atoms with Gasteiger partial charge in [0.1, 0.15) is 12.4 Å². The summed E-state index contributed by atoms with van der Waals surface area (Å²) in [4.78, 5) is 2.40. The van der Waals surface area contributed by atoms with Gasteiger partial charge in [-0.2, -0.15) is 0 Å². The molecular weight excluding hydrogens is 282 g/mol. The molecule has 3 nitrogen and oxygen atoms in total. The molecule has 0 saturated carbocycles. The van der Waals surface area contributed by atoms with Crippen LogP contribution < -0.4 is 4.74 Å². The summed E-state index contributed by atoms with van der Waals surface area (Å²) in [5.41, 5.74) is 0. The maximum absolute atomic E-state index is 5.82. The number of halogens is 1. The highest BCUT2D eigenvalue weighted by atomic mass is 79.9. The molecule has 0 aliphatic carbocycles. The first-order valence-corrected chi connectivity index (χ1v) is 6.76. The Hall–Kier alpha value is -0.580. The third-order valence-corrected chi connectivity index (χ3v) is 3.64. The van der Waals surface area contributed by atoms with Crippen molar-refractivity contribution in [2.75, 3.05) is 32.9 Å². The molecule has 0 bridgehead atoms. The van der Waals surface area contributed by atoms with Crippen molar-refractivity contribution in [3.8, 4) is 5.75 Å². The van der Waals surface area contributed by atoms with Crippen LogP contribution in [0.25, 0.3) is 0 Å². The van der Waals surface area contributed by atoms with Gasteiger partial charge in [0.05, 0.1) is 17.7 Å². The maximum atomic E-state index is 5.82. The summed E-state index contributed by atoms with van der Waals surface area (Å²) in [7, 11) is 0. The fourth-order valence-electron chi connectivity index (χ4n) is 1.90. The van der Waals surface area contributed by atoms with Crippen molar-refractivity contribution in [3.05, 3.63) is 28.7 Å². The van der Waals surface area contributed by atoms with Gasteiger partial charge in [-0.3, -0.25) is 4.90 Å². The summed E-state index contributed by atoms with van der Waals surface area (Å²) in [6.45, 7) is 6.57. The second kappa shape index (κ2) is 6.38. The SMILES string of the molecule is C[C@H](COc1ccccc1Br)N1CCOCC1. The lowest BCUT2D eigenvalue weighted by atomic mass is 10.2. The van der Waals surface area contributed by atoms with E-state index in [1.165, 1.54) is 0 Å². The molecule has 1 aromatic carbocycles. The molecule has 1 saturated heterocycles. The van der Waals surface area contributed by atoms with Crippen LogP contribution in [-0.4, -0.2) is 43.9 Å². The van der Waals surface area contributed by atoms with E-state index < -0.39 is 0 Å². The third kappa shape index (κ3) is 3.69. The highest BCUT2D eigenvalue weighted by Gasteiger charge is 2.17. The highest BCUT2D eigenvalue weighted by molar-refractivity contribution is 9.10. The minimum Gasteiger partial charge on any atom is -0.491 e.